The van der Waals surface area contributed by atoms with Crippen LogP contribution >= 0.6 is 0 Å². The van der Waals surface area contributed by atoms with Gasteiger partial charge in [-0.3, -0.25) is 4.79 Å². The summed E-state index contributed by atoms with van der Waals surface area (Å²) in [4.78, 5) is 11.4. The maximum Gasteiger partial charge on any atom is 0.233 e. The maximum atomic E-state index is 11.7. The minimum Gasteiger partial charge on any atom is -0.360 e. The van der Waals surface area contributed by atoms with Crippen molar-refractivity contribution in [3.63, 3.8) is 0 Å². The molecule has 0 bridgehead atoms. The highest BCUT2D eigenvalue weighted by Gasteiger charge is 2.20. The van der Waals surface area contributed by atoms with E-state index in [1.165, 1.54) is 6.07 Å². The van der Waals surface area contributed by atoms with Crippen LogP contribution in [0.25, 0.3) is 0 Å². The smallest absolute Gasteiger partial charge is 0.233 e. The number of carbonyl (C=O) groups excluding carboxylic acids is 1. The summed E-state index contributed by atoms with van der Waals surface area (Å²) < 4.78 is 29.3. The molecule has 0 radical (unpaired) electrons. The molecule has 0 fully saturated rings. The first-order valence-electron chi connectivity index (χ1n) is 5.90. The van der Waals surface area contributed by atoms with E-state index in [4.69, 9.17) is 4.52 Å². The van der Waals surface area contributed by atoms with Crippen LogP contribution in [0.1, 0.15) is 19.6 Å². The number of hydrogen-bond acceptors (Lipinski definition) is 5. The highest BCUT2D eigenvalue weighted by molar-refractivity contribution is 7.92. The average molecular weight is 289 g/mol. The quantitative estimate of drug-likeness (QED) is 0.824. The normalized spacial score (nSPS) is 11.6. The van der Waals surface area contributed by atoms with E-state index in [0.29, 0.717) is 5.76 Å². The van der Waals surface area contributed by atoms with E-state index in [1.807, 2.05) is 0 Å². The number of anilines is 1. The van der Waals surface area contributed by atoms with Gasteiger partial charge < -0.3 is 9.84 Å². The summed E-state index contributed by atoms with van der Waals surface area (Å²) in [5.74, 6) is 0.486. The Morgan fingerprint density at radius 2 is 2.16 bits per heavy atom. The molecule has 1 aromatic rings. The largest absolute Gasteiger partial charge is 0.360 e. The van der Waals surface area contributed by atoms with Crippen molar-refractivity contribution in [1.82, 2.24) is 10.5 Å². The number of aromatic nitrogens is 1. The summed E-state index contributed by atoms with van der Waals surface area (Å²) >= 11 is 0. The molecule has 8 heteroatoms. The van der Waals surface area contributed by atoms with Crippen LogP contribution in [0.15, 0.2) is 10.6 Å². The molecule has 0 aliphatic heterocycles. The van der Waals surface area contributed by atoms with Crippen molar-refractivity contribution < 1.29 is 17.7 Å². The Labute approximate surface area is 113 Å². The van der Waals surface area contributed by atoms with Gasteiger partial charge in [-0.05, 0) is 6.92 Å². The molecule has 0 spiro atoms. The highest BCUT2D eigenvalue weighted by Crippen LogP contribution is 2.16. The predicted molar refractivity (Wildman–Crippen MR) is 71.3 cm³/mol. The van der Waals surface area contributed by atoms with Crippen LogP contribution in [-0.4, -0.2) is 38.8 Å². The summed E-state index contributed by atoms with van der Waals surface area (Å²) in [6.45, 7) is 5.55. The minimum atomic E-state index is -3.46. The topological polar surface area (TPSA) is 92.5 Å². The lowest BCUT2D eigenvalue weighted by atomic mass is 10.2. The molecule has 0 unspecified atom stereocenters. The van der Waals surface area contributed by atoms with Crippen molar-refractivity contribution >= 4 is 21.7 Å². The van der Waals surface area contributed by atoms with Crippen LogP contribution in [0.4, 0.5) is 5.82 Å². The van der Waals surface area contributed by atoms with Gasteiger partial charge in [-0.2, -0.15) is 0 Å². The first kappa shape index (κ1) is 15.5. The van der Waals surface area contributed by atoms with Crippen molar-refractivity contribution in [3.8, 4) is 0 Å². The van der Waals surface area contributed by atoms with Crippen molar-refractivity contribution in [1.29, 1.82) is 0 Å². The van der Waals surface area contributed by atoms with Crippen LogP contribution in [0.5, 0.6) is 0 Å². The Hall–Kier alpha value is -1.57. The Kier molecular flexibility index (Phi) is 4.93. The molecule has 0 aliphatic carbocycles. The number of hydrogen-bond donors (Lipinski definition) is 1. The van der Waals surface area contributed by atoms with Gasteiger partial charge >= 0.3 is 0 Å². The molecule has 0 atom stereocenters. The molecule has 7 nitrogen and oxygen atoms in total. The van der Waals surface area contributed by atoms with Gasteiger partial charge in [0.1, 0.15) is 5.76 Å². The number of aryl methyl sites for hydroxylation is 1. The van der Waals surface area contributed by atoms with E-state index in [9.17, 15) is 13.2 Å². The van der Waals surface area contributed by atoms with Crippen LogP contribution < -0.4 is 9.62 Å². The summed E-state index contributed by atoms with van der Waals surface area (Å²) in [6, 6.07) is 1.53. The van der Waals surface area contributed by atoms with Gasteiger partial charge in [0.05, 0.1) is 12.8 Å². The van der Waals surface area contributed by atoms with E-state index in [1.54, 1.807) is 20.8 Å². The molecule has 0 aromatic carbocycles. The molecular weight excluding hydrogens is 270 g/mol. The second kappa shape index (κ2) is 6.05. The highest BCUT2D eigenvalue weighted by atomic mass is 32.2. The molecule has 1 amide bonds. The zero-order valence-corrected chi connectivity index (χ0v) is 12.3. The van der Waals surface area contributed by atoms with E-state index in [0.717, 1.165) is 10.6 Å². The fourth-order valence-corrected chi connectivity index (χ4v) is 2.25. The van der Waals surface area contributed by atoms with Gasteiger partial charge in [0.15, 0.2) is 5.82 Å². The Morgan fingerprint density at radius 1 is 1.53 bits per heavy atom. The molecule has 19 heavy (non-hydrogen) atoms. The Bertz CT molecular complexity index is 536. The maximum absolute atomic E-state index is 11.7. The number of nitrogens with zero attached hydrogens (tertiary/aromatic N) is 2. The van der Waals surface area contributed by atoms with Gasteiger partial charge in [-0.25, -0.2) is 12.7 Å². The molecule has 1 N–H and O–H groups in total. The second-order valence-corrected chi connectivity index (χ2v) is 6.48. The van der Waals surface area contributed by atoms with Gasteiger partial charge in [-0.15, -0.1) is 0 Å². The molecular formula is C11H19N3O4S. The number of carbonyl (C=O) groups is 1. The van der Waals surface area contributed by atoms with Crippen molar-refractivity contribution in [3.05, 3.63) is 11.8 Å². The molecule has 1 rings (SSSR count). The zero-order chi connectivity index (χ0) is 14.6. The minimum absolute atomic E-state index is 0.114. The van der Waals surface area contributed by atoms with Crippen LogP contribution in [-0.2, 0) is 14.8 Å². The van der Waals surface area contributed by atoms with Crippen LogP contribution in [0, 0.1) is 12.8 Å². The fourth-order valence-electron chi connectivity index (χ4n) is 1.41. The second-order valence-electron chi connectivity index (χ2n) is 4.58. The number of amides is 1. The molecule has 0 saturated carbocycles. The van der Waals surface area contributed by atoms with Gasteiger partial charge in [-0.1, -0.05) is 19.0 Å². The summed E-state index contributed by atoms with van der Waals surface area (Å²) in [5, 5.41) is 6.33. The molecule has 0 aliphatic rings. The summed E-state index contributed by atoms with van der Waals surface area (Å²) in [6.07, 6.45) is 1.08. The van der Waals surface area contributed by atoms with E-state index in [-0.39, 0.29) is 30.7 Å². The summed E-state index contributed by atoms with van der Waals surface area (Å²) in [7, 11) is -3.46. The third kappa shape index (κ3) is 4.55. The molecule has 1 heterocycles. The van der Waals surface area contributed by atoms with Gasteiger partial charge in [0.2, 0.25) is 15.9 Å². The van der Waals surface area contributed by atoms with Crippen LogP contribution in [0.2, 0.25) is 0 Å². The van der Waals surface area contributed by atoms with E-state index in [2.05, 4.69) is 10.5 Å². The molecule has 0 saturated heterocycles. The molecule has 108 valence electrons. The van der Waals surface area contributed by atoms with Crippen molar-refractivity contribution in [2.75, 3.05) is 23.7 Å². The SMILES string of the molecule is Cc1cc(N(CCNC(=O)C(C)C)S(C)(=O)=O)no1. The molecule has 1 aromatic heterocycles. The standard InChI is InChI=1S/C11H19N3O4S/c1-8(2)11(15)12-5-6-14(19(4,16)17)10-7-9(3)18-13-10/h7-8H,5-6H2,1-4H3,(H,12,15). The summed E-state index contributed by atoms with van der Waals surface area (Å²) in [5.41, 5.74) is 0. The third-order valence-corrected chi connectivity index (χ3v) is 3.58. The monoisotopic (exact) mass is 289 g/mol. The predicted octanol–water partition coefficient (Wildman–Crippen LogP) is 0.521. The lowest BCUT2D eigenvalue weighted by Gasteiger charge is -2.19. The van der Waals surface area contributed by atoms with Crippen molar-refractivity contribution in [2.45, 2.75) is 20.8 Å². The van der Waals surface area contributed by atoms with Gasteiger partial charge in [0, 0.05) is 18.5 Å². The van der Waals surface area contributed by atoms with Crippen molar-refractivity contribution in [2.24, 2.45) is 5.92 Å². The lowest BCUT2D eigenvalue weighted by molar-refractivity contribution is -0.123. The third-order valence-electron chi connectivity index (χ3n) is 2.41. The Morgan fingerprint density at radius 3 is 2.58 bits per heavy atom. The average Bonchev–Trinajstić information content (AvgIpc) is 2.68. The zero-order valence-electron chi connectivity index (χ0n) is 11.5. The lowest BCUT2D eigenvalue weighted by Crippen LogP contribution is -2.39. The Balaban J connectivity index is 2.71. The number of rotatable bonds is 6. The first-order valence-corrected chi connectivity index (χ1v) is 7.75. The van der Waals surface area contributed by atoms with E-state index >= 15 is 0 Å². The first-order chi connectivity index (χ1) is 8.71. The van der Waals surface area contributed by atoms with Crippen LogP contribution in [0.3, 0.4) is 0 Å². The number of sulfonamides is 1. The number of nitrogens with one attached hydrogen (secondary N) is 1. The van der Waals surface area contributed by atoms with Gasteiger partial charge in [0.25, 0.3) is 0 Å². The van der Waals surface area contributed by atoms with E-state index < -0.39 is 10.0 Å². The fraction of sp³-hybridized carbons (Fsp3) is 0.636.